The second-order valence-electron chi connectivity index (χ2n) is 3.87. The highest BCUT2D eigenvalue weighted by Gasteiger charge is 2.03. The van der Waals surface area contributed by atoms with Gasteiger partial charge in [0.25, 0.3) is 0 Å². The fraction of sp³-hybridized carbons (Fsp3) is 0.231. The van der Waals surface area contributed by atoms with E-state index in [1.54, 1.807) is 0 Å². The molecule has 0 radical (unpaired) electrons. The lowest BCUT2D eigenvalue weighted by Crippen LogP contribution is -2.03. The predicted octanol–water partition coefficient (Wildman–Crippen LogP) is 3.22. The first-order chi connectivity index (χ1) is 7.25. The monoisotopic (exact) mass is 200 g/mol. The van der Waals surface area contributed by atoms with Crippen LogP contribution in [0.25, 0.3) is 0 Å². The van der Waals surface area contributed by atoms with Gasteiger partial charge < -0.3 is 11.1 Å². The normalized spacial score (nSPS) is 14.9. The third kappa shape index (κ3) is 2.40. The van der Waals surface area contributed by atoms with Gasteiger partial charge in [-0.15, -0.1) is 0 Å². The van der Waals surface area contributed by atoms with Crippen LogP contribution in [0.4, 0.5) is 11.4 Å². The molecule has 0 aromatic heterocycles. The minimum absolute atomic E-state index is 0.811. The maximum atomic E-state index is 5.93. The topological polar surface area (TPSA) is 38.0 Å². The molecule has 0 bridgehead atoms. The summed E-state index contributed by atoms with van der Waals surface area (Å²) in [6.45, 7) is 2.04. The van der Waals surface area contributed by atoms with Gasteiger partial charge in [-0.2, -0.15) is 0 Å². The largest absolute Gasteiger partial charge is 0.397 e. The first-order valence-corrected chi connectivity index (χ1v) is 5.24. The van der Waals surface area contributed by atoms with Crippen LogP contribution in [0.3, 0.4) is 0 Å². The van der Waals surface area contributed by atoms with Gasteiger partial charge in [-0.1, -0.05) is 18.2 Å². The molecule has 0 unspecified atom stereocenters. The van der Waals surface area contributed by atoms with Gasteiger partial charge in [-0.3, -0.25) is 0 Å². The Kier molecular flexibility index (Phi) is 2.77. The van der Waals surface area contributed by atoms with Crippen molar-refractivity contribution < 1.29 is 0 Å². The number of nitrogens with one attached hydrogen (secondary N) is 1. The Labute approximate surface area is 90.5 Å². The summed E-state index contributed by atoms with van der Waals surface area (Å²) in [4.78, 5) is 0. The maximum Gasteiger partial charge on any atom is 0.0615 e. The number of hydrogen-bond acceptors (Lipinski definition) is 2. The van der Waals surface area contributed by atoms with Crippen LogP contribution in [0.1, 0.15) is 18.4 Å². The molecule has 78 valence electrons. The highest BCUT2D eigenvalue weighted by molar-refractivity contribution is 5.69. The van der Waals surface area contributed by atoms with Crippen LogP contribution in [0.2, 0.25) is 0 Å². The Morgan fingerprint density at radius 2 is 2.20 bits per heavy atom. The molecule has 2 nitrogen and oxygen atoms in total. The summed E-state index contributed by atoms with van der Waals surface area (Å²) in [5.41, 5.74) is 10.2. The van der Waals surface area contributed by atoms with Crippen LogP contribution in [0.5, 0.6) is 0 Å². The fourth-order valence-corrected chi connectivity index (χ4v) is 1.68. The van der Waals surface area contributed by atoms with Crippen molar-refractivity contribution in [3.8, 4) is 0 Å². The molecule has 0 heterocycles. The second kappa shape index (κ2) is 4.22. The lowest BCUT2D eigenvalue weighted by molar-refractivity contribution is 0.967. The number of aryl methyl sites for hydroxylation is 1. The Bertz CT molecular complexity index is 417. The van der Waals surface area contributed by atoms with Gasteiger partial charge in [0, 0.05) is 5.70 Å². The summed E-state index contributed by atoms with van der Waals surface area (Å²) in [7, 11) is 0. The average Bonchev–Trinajstić information content (AvgIpc) is 2.24. The number of rotatable bonds is 2. The van der Waals surface area contributed by atoms with E-state index in [1.807, 2.05) is 19.1 Å². The molecular formula is C13H16N2. The van der Waals surface area contributed by atoms with Crippen molar-refractivity contribution in [3.05, 3.63) is 47.7 Å². The number of benzene rings is 1. The van der Waals surface area contributed by atoms with Crippen molar-refractivity contribution >= 4 is 11.4 Å². The van der Waals surface area contributed by atoms with Gasteiger partial charge >= 0.3 is 0 Å². The first kappa shape index (κ1) is 9.84. The zero-order valence-corrected chi connectivity index (χ0v) is 8.96. The molecular weight excluding hydrogens is 184 g/mol. The predicted molar refractivity (Wildman–Crippen MR) is 65.7 cm³/mol. The van der Waals surface area contributed by atoms with E-state index in [1.165, 1.54) is 11.3 Å². The summed E-state index contributed by atoms with van der Waals surface area (Å²) >= 11 is 0. The summed E-state index contributed by atoms with van der Waals surface area (Å²) < 4.78 is 0. The summed E-state index contributed by atoms with van der Waals surface area (Å²) in [6, 6.07) is 6.09. The molecule has 0 amide bonds. The van der Waals surface area contributed by atoms with Gasteiger partial charge in [0.1, 0.15) is 0 Å². The Balaban J connectivity index is 2.17. The Morgan fingerprint density at radius 3 is 2.87 bits per heavy atom. The van der Waals surface area contributed by atoms with E-state index in [0.29, 0.717) is 0 Å². The standard InChI is InChI=1S/C13H16N2/c1-10-7-8-13(12(14)9-10)15-11-5-3-2-4-6-11/h2-3,5,7-9,15H,4,6,14H2,1H3. The number of nitrogens with two attached hydrogens (primary N) is 1. The fourth-order valence-electron chi connectivity index (χ4n) is 1.68. The van der Waals surface area contributed by atoms with Gasteiger partial charge in [0.2, 0.25) is 0 Å². The van der Waals surface area contributed by atoms with E-state index < -0.39 is 0 Å². The van der Waals surface area contributed by atoms with Crippen molar-refractivity contribution in [3.63, 3.8) is 0 Å². The third-order valence-electron chi connectivity index (χ3n) is 2.52. The Hall–Kier alpha value is -1.70. The molecule has 0 saturated carbocycles. The zero-order chi connectivity index (χ0) is 10.7. The van der Waals surface area contributed by atoms with Gasteiger partial charge in [-0.25, -0.2) is 0 Å². The molecule has 2 rings (SSSR count). The quantitative estimate of drug-likeness (QED) is 0.719. The van der Waals surface area contributed by atoms with Gasteiger partial charge in [-0.05, 0) is 43.5 Å². The lowest BCUT2D eigenvalue weighted by atomic mass is 10.1. The molecule has 3 N–H and O–H groups in total. The summed E-state index contributed by atoms with van der Waals surface area (Å²) in [6.07, 6.45) is 8.51. The van der Waals surface area contributed by atoms with Crippen LogP contribution in [0.15, 0.2) is 42.1 Å². The minimum Gasteiger partial charge on any atom is -0.397 e. The van der Waals surface area contributed by atoms with Crippen LogP contribution in [-0.4, -0.2) is 0 Å². The smallest absolute Gasteiger partial charge is 0.0615 e. The van der Waals surface area contributed by atoms with Crippen molar-refractivity contribution in [2.24, 2.45) is 0 Å². The number of allylic oxidation sites excluding steroid dienone is 4. The number of anilines is 2. The molecule has 0 aliphatic heterocycles. The lowest BCUT2D eigenvalue weighted by Gasteiger charge is -2.14. The molecule has 1 aliphatic rings. The van der Waals surface area contributed by atoms with Crippen molar-refractivity contribution in [2.75, 3.05) is 11.1 Å². The number of nitrogen functional groups attached to an aromatic ring is 1. The van der Waals surface area contributed by atoms with Crippen LogP contribution in [-0.2, 0) is 0 Å². The molecule has 1 aromatic rings. The number of hydrogen-bond donors (Lipinski definition) is 2. The van der Waals surface area contributed by atoms with E-state index >= 15 is 0 Å². The van der Waals surface area contributed by atoms with Gasteiger partial charge in [0.15, 0.2) is 0 Å². The second-order valence-corrected chi connectivity index (χ2v) is 3.87. The van der Waals surface area contributed by atoms with E-state index in [0.717, 1.165) is 24.2 Å². The summed E-state index contributed by atoms with van der Waals surface area (Å²) in [5.74, 6) is 0. The molecule has 0 atom stereocenters. The van der Waals surface area contributed by atoms with Crippen molar-refractivity contribution in [1.29, 1.82) is 0 Å². The first-order valence-electron chi connectivity index (χ1n) is 5.24. The van der Waals surface area contributed by atoms with E-state index in [4.69, 9.17) is 5.73 Å². The Morgan fingerprint density at radius 1 is 1.33 bits per heavy atom. The molecule has 1 aliphatic carbocycles. The van der Waals surface area contributed by atoms with Crippen molar-refractivity contribution in [1.82, 2.24) is 0 Å². The highest BCUT2D eigenvalue weighted by Crippen LogP contribution is 2.23. The van der Waals surface area contributed by atoms with Crippen LogP contribution >= 0.6 is 0 Å². The third-order valence-corrected chi connectivity index (χ3v) is 2.52. The molecule has 0 saturated heterocycles. The molecule has 2 heteroatoms. The molecule has 15 heavy (non-hydrogen) atoms. The summed E-state index contributed by atoms with van der Waals surface area (Å²) in [5, 5.41) is 3.36. The minimum atomic E-state index is 0.811. The average molecular weight is 200 g/mol. The SMILES string of the molecule is Cc1ccc(NC2=CC=CCC2)c(N)c1. The van der Waals surface area contributed by atoms with E-state index in [2.05, 4.69) is 29.6 Å². The van der Waals surface area contributed by atoms with Crippen LogP contribution in [0, 0.1) is 6.92 Å². The molecule has 0 spiro atoms. The maximum absolute atomic E-state index is 5.93. The molecule has 1 aromatic carbocycles. The van der Waals surface area contributed by atoms with Crippen molar-refractivity contribution in [2.45, 2.75) is 19.8 Å². The van der Waals surface area contributed by atoms with Gasteiger partial charge in [0.05, 0.1) is 11.4 Å². The van der Waals surface area contributed by atoms with E-state index in [9.17, 15) is 0 Å². The molecule has 0 fully saturated rings. The van der Waals surface area contributed by atoms with Crippen LogP contribution < -0.4 is 11.1 Å². The van der Waals surface area contributed by atoms with E-state index in [-0.39, 0.29) is 0 Å². The zero-order valence-electron chi connectivity index (χ0n) is 8.96. The highest BCUT2D eigenvalue weighted by atomic mass is 14.9.